The van der Waals surface area contributed by atoms with E-state index in [0.717, 1.165) is 25.1 Å². The first-order valence-electron chi connectivity index (χ1n) is 6.05. The molecule has 92 valence electrons. The molecular weight excluding hydrogens is 232 g/mol. The molecule has 0 aliphatic carbocycles. The molecule has 0 spiro atoms. The summed E-state index contributed by atoms with van der Waals surface area (Å²) in [6, 6.07) is 8.11. The van der Waals surface area contributed by atoms with E-state index >= 15 is 0 Å². The molecule has 1 atom stereocenters. The molecule has 1 aromatic carbocycles. The summed E-state index contributed by atoms with van der Waals surface area (Å²) in [6.45, 7) is 3.41. The van der Waals surface area contributed by atoms with Crippen LogP contribution in [-0.2, 0) is 4.79 Å². The normalized spacial score (nSPS) is 19.3. The lowest BCUT2D eigenvalue weighted by molar-refractivity contribution is -0.118. The molecule has 2 rings (SSSR count). The van der Waals surface area contributed by atoms with Crippen molar-refractivity contribution < 1.29 is 4.79 Å². The maximum Gasteiger partial charge on any atom is 0.240 e. The quantitative estimate of drug-likeness (QED) is 0.891. The van der Waals surface area contributed by atoms with Crippen molar-refractivity contribution in [3.05, 3.63) is 24.3 Å². The van der Waals surface area contributed by atoms with Gasteiger partial charge in [-0.1, -0.05) is 19.1 Å². The number of amides is 1. The van der Waals surface area contributed by atoms with E-state index in [4.69, 9.17) is 5.73 Å². The summed E-state index contributed by atoms with van der Waals surface area (Å²) in [6.07, 6.45) is 1.72. The van der Waals surface area contributed by atoms with E-state index in [1.165, 1.54) is 4.90 Å². The fourth-order valence-electron chi connectivity index (χ4n) is 2.01. The number of thioether (sulfide) groups is 1. The van der Waals surface area contributed by atoms with Crippen LogP contribution in [-0.4, -0.2) is 24.2 Å². The standard InChI is InChI=1S/C13H18N2OS/c1-2-11-13(16)15(9-5-8-14)10-6-3-4-7-12(10)17-11/h3-4,6-7,11H,2,5,8-9,14H2,1H3. The number of benzene rings is 1. The van der Waals surface area contributed by atoms with Crippen molar-refractivity contribution in [2.24, 2.45) is 5.73 Å². The van der Waals surface area contributed by atoms with Gasteiger partial charge in [-0.25, -0.2) is 0 Å². The Bertz CT molecular complexity index is 408. The highest BCUT2D eigenvalue weighted by Gasteiger charge is 2.31. The zero-order valence-corrected chi connectivity index (χ0v) is 10.9. The Morgan fingerprint density at radius 2 is 2.18 bits per heavy atom. The molecule has 0 radical (unpaired) electrons. The van der Waals surface area contributed by atoms with Gasteiger partial charge in [-0.3, -0.25) is 4.79 Å². The Kier molecular flexibility index (Phi) is 4.07. The summed E-state index contributed by atoms with van der Waals surface area (Å²) in [4.78, 5) is 15.4. The molecule has 1 heterocycles. The van der Waals surface area contributed by atoms with Gasteiger partial charge >= 0.3 is 0 Å². The lowest BCUT2D eigenvalue weighted by atomic mass is 10.2. The van der Waals surface area contributed by atoms with Crippen LogP contribution in [0.1, 0.15) is 19.8 Å². The van der Waals surface area contributed by atoms with Crippen molar-refractivity contribution in [3.63, 3.8) is 0 Å². The molecule has 1 unspecified atom stereocenters. The molecule has 0 fully saturated rings. The molecule has 2 N–H and O–H groups in total. The average molecular weight is 250 g/mol. The second kappa shape index (κ2) is 5.56. The van der Waals surface area contributed by atoms with Crippen LogP contribution in [0.5, 0.6) is 0 Å². The number of rotatable bonds is 4. The molecule has 17 heavy (non-hydrogen) atoms. The average Bonchev–Trinajstić information content (AvgIpc) is 2.37. The van der Waals surface area contributed by atoms with E-state index in [1.54, 1.807) is 11.8 Å². The van der Waals surface area contributed by atoms with Crippen LogP contribution in [0, 0.1) is 0 Å². The number of para-hydroxylation sites is 1. The predicted octanol–water partition coefficient (Wildman–Crippen LogP) is 2.25. The highest BCUT2D eigenvalue weighted by Crippen LogP contribution is 2.39. The number of carbonyl (C=O) groups excluding carboxylic acids is 1. The first-order valence-corrected chi connectivity index (χ1v) is 6.93. The predicted molar refractivity (Wildman–Crippen MR) is 72.4 cm³/mol. The third kappa shape index (κ3) is 2.48. The Hall–Kier alpha value is -1.00. The van der Waals surface area contributed by atoms with Gasteiger partial charge in [0.15, 0.2) is 0 Å². The van der Waals surface area contributed by atoms with Gasteiger partial charge in [0.25, 0.3) is 0 Å². The van der Waals surface area contributed by atoms with E-state index in [2.05, 4.69) is 13.0 Å². The third-order valence-electron chi connectivity index (χ3n) is 2.92. The molecule has 1 aromatic rings. The Morgan fingerprint density at radius 1 is 1.41 bits per heavy atom. The Labute approximate surface area is 106 Å². The highest BCUT2D eigenvalue weighted by atomic mass is 32.2. The van der Waals surface area contributed by atoms with Crippen molar-refractivity contribution in [2.75, 3.05) is 18.0 Å². The topological polar surface area (TPSA) is 46.3 Å². The Balaban J connectivity index is 2.30. The number of nitrogens with two attached hydrogens (primary N) is 1. The molecular formula is C13H18N2OS. The maximum atomic E-state index is 12.3. The molecule has 3 nitrogen and oxygen atoms in total. The fourth-order valence-corrected chi connectivity index (χ4v) is 3.17. The van der Waals surface area contributed by atoms with Gasteiger partial charge in [-0.15, -0.1) is 11.8 Å². The molecule has 0 saturated carbocycles. The highest BCUT2D eigenvalue weighted by molar-refractivity contribution is 8.01. The van der Waals surface area contributed by atoms with Gasteiger partial charge in [0.1, 0.15) is 0 Å². The van der Waals surface area contributed by atoms with Crippen molar-refractivity contribution in [1.29, 1.82) is 0 Å². The molecule has 0 saturated heterocycles. The summed E-state index contributed by atoms with van der Waals surface area (Å²) >= 11 is 1.68. The van der Waals surface area contributed by atoms with Crippen LogP contribution >= 0.6 is 11.8 Å². The van der Waals surface area contributed by atoms with Gasteiger partial charge in [0.2, 0.25) is 5.91 Å². The van der Waals surface area contributed by atoms with Gasteiger partial charge < -0.3 is 10.6 Å². The van der Waals surface area contributed by atoms with Crippen LogP contribution in [0.4, 0.5) is 5.69 Å². The van der Waals surface area contributed by atoms with Crippen LogP contribution < -0.4 is 10.6 Å². The van der Waals surface area contributed by atoms with Crippen molar-refractivity contribution in [1.82, 2.24) is 0 Å². The van der Waals surface area contributed by atoms with Crippen LogP contribution in [0.2, 0.25) is 0 Å². The minimum Gasteiger partial charge on any atom is -0.330 e. The van der Waals surface area contributed by atoms with E-state index < -0.39 is 0 Å². The number of hydrogen-bond acceptors (Lipinski definition) is 3. The number of nitrogens with zero attached hydrogens (tertiary/aromatic N) is 1. The lowest BCUT2D eigenvalue weighted by Crippen LogP contribution is -2.41. The van der Waals surface area contributed by atoms with Crippen LogP contribution in [0.25, 0.3) is 0 Å². The minimum atomic E-state index is 0.0580. The summed E-state index contributed by atoms with van der Waals surface area (Å²) in [7, 11) is 0. The number of hydrogen-bond donors (Lipinski definition) is 1. The van der Waals surface area contributed by atoms with Crippen molar-refractivity contribution in [3.8, 4) is 0 Å². The van der Waals surface area contributed by atoms with Gasteiger partial charge in [-0.2, -0.15) is 0 Å². The number of fused-ring (bicyclic) bond motifs is 1. The van der Waals surface area contributed by atoms with Crippen molar-refractivity contribution >= 4 is 23.4 Å². The Morgan fingerprint density at radius 3 is 2.88 bits per heavy atom. The van der Waals surface area contributed by atoms with E-state index in [9.17, 15) is 4.79 Å². The summed E-state index contributed by atoms with van der Waals surface area (Å²) in [5.74, 6) is 0.227. The third-order valence-corrected chi connectivity index (χ3v) is 4.34. The monoisotopic (exact) mass is 250 g/mol. The van der Waals surface area contributed by atoms with Gasteiger partial charge in [0.05, 0.1) is 10.9 Å². The summed E-state index contributed by atoms with van der Waals surface area (Å²) < 4.78 is 0. The zero-order valence-electron chi connectivity index (χ0n) is 10.1. The number of carbonyl (C=O) groups is 1. The summed E-state index contributed by atoms with van der Waals surface area (Å²) in [5.41, 5.74) is 6.58. The molecule has 1 amide bonds. The molecule has 0 aromatic heterocycles. The van der Waals surface area contributed by atoms with E-state index in [-0.39, 0.29) is 11.2 Å². The van der Waals surface area contributed by atoms with E-state index in [0.29, 0.717) is 6.54 Å². The zero-order chi connectivity index (χ0) is 12.3. The summed E-state index contributed by atoms with van der Waals surface area (Å²) in [5, 5.41) is 0.0580. The van der Waals surface area contributed by atoms with Crippen molar-refractivity contribution in [2.45, 2.75) is 29.9 Å². The molecule has 0 bridgehead atoms. The molecule has 4 heteroatoms. The maximum absolute atomic E-state index is 12.3. The van der Waals surface area contributed by atoms with Crippen LogP contribution in [0.15, 0.2) is 29.2 Å². The first kappa shape index (κ1) is 12.5. The van der Waals surface area contributed by atoms with Gasteiger partial charge in [0, 0.05) is 11.4 Å². The largest absolute Gasteiger partial charge is 0.330 e. The minimum absolute atomic E-state index is 0.0580. The molecule has 1 aliphatic heterocycles. The number of anilines is 1. The van der Waals surface area contributed by atoms with Gasteiger partial charge in [-0.05, 0) is 31.5 Å². The smallest absolute Gasteiger partial charge is 0.240 e. The SMILES string of the molecule is CCC1Sc2ccccc2N(CCCN)C1=O. The lowest BCUT2D eigenvalue weighted by Gasteiger charge is -2.33. The second-order valence-corrected chi connectivity index (χ2v) is 5.36. The second-order valence-electron chi connectivity index (χ2n) is 4.11. The first-order chi connectivity index (χ1) is 8.27. The fraction of sp³-hybridized carbons (Fsp3) is 0.462. The van der Waals surface area contributed by atoms with E-state index in [1.807, 2.05) is 23.1 Å². The van der Waals surface area contributed by atoms with Crippen LogP contribution in [0.3, 0.4) is 0 Å². The molecule has 1 aliphatic rings.